The molecule has 2 aromatic rings. The average molecular weight is 273 g/mol. The summed E-state index contributed by atoms with van der Waals surface area (Å²) in [5, 5.41) is 9.27. The minimum Gasteiger partial charge on any atom is -0.480 e. The van der Waals surface area contributed by atoms with E-state index < -0.39 is 12.0 Å². The maximum Gasteiger partial charge on any atom is 0.326 e. The van der Waals surface area contributed by atoms with Crippen molar-refractivity contribution in [2.45, 2.75) is 25.8 Å². The van der Waals surface area contributed by atoms with Crippen LogP contribution in [0.15, 0.2) is 24.8 Å². The van der Waals surface area contributed by atoms with E-state index in [4.69, 9.17) is 0 Å². The lowest BCUT2D eigenvalue weighted by molar-refractivity contribution is -0.138. The summed E-state index contributed by atoms with van der Waals surface area (Å²) in [6.07, 6.45) is 6.55. The monoisotopic (exact) mass is 273 g/mol. The summed E-state index contributed by atoms with van der Waals surface area (Å²) in [5.41, 5.74) is 0.801. The first-order valence-corrected chi connectivity index (χ1v) is 6.48. The molecule has 0 aromatic carbocycles. The smallest absolute Gasteiger partial charge is 0.326 e. The van der Waals surface area contributed by atoms with E-state index in [2.05, 4.69) is 15.0 Å². The molecular weight excluding hydrogens is 258 g/mol. The predicted octanol–water partition coefficient (Wildman–Crippen LogP) is 1.02. The fourth-order valence-corrected chi connectivity index (χ4v) is 2.47. The van der Waals surface area contributed by atoms with E-state index in [1.165, 1.54) is 0 Å². The number of carboxylic acids is 1. The quantitative estimate of drug-likeness (QED) is 0.899. The van der Waals surface area contributed by atoms with E-state index in [0.29, 0.717) is 24.7 Å². The molecule has 1 fully saturated rings. The number of anilines is 1. The van der Waals surface area contributed by atoms with Crippen molar-refractivity contribution in [2.75, 3.05) is 11.4 Å². The van der Waals surface area contributed by atoms with Crippen molar-refractivity contribution in [3.8, 4) is 5.95 Å². The number of carboxylic acid groups (broad SMARTS) is 1. The number of aromatic nitrogens is 4. The molecule has 0 amide bonds. The van der Waals surface area contributed by atoms with Crippen LogP contribution in [0, 0.1) is 6.92 Å². The Hall–Kier alpha value is -2.44. The third-order valence-electron chi connectivity index (χ3n) is 3.40. The zero-order valence-corrected chi connectivity index (χ0v) is 11.1. The SMILES string of the molecule is Cc1cc(N2CCCC2C(=O)O)nc(-n2ccnc2)n1. The van der Waals surface area contributed by atoms with Crippen LogP contribution in [-0.2, 0) is 4.79 Å². The zero-order valence-electron chi connectivity index (χ0n) is 11.1. The largest absolute Gasteiger partial charge is 0.480 e. The van der Waals surface area contributed by atoms with Crippen molar-refractivity contribution in [2.24, 2.45) is 0 Å². The minimum absolute atomic E-state index is 0.500. The van der Waals surface area contributed by atoms with E-state index in [0.717, 1.165) is 12.1 Å². The highest BCUT2D eigenvalue weighted by molar-refractivity contribution is 5.78. The Balaban J connectivity index is 2.00. The number of imidazole rings is 1. The molecule has 104 valence electrons. The highest BCUT2D eigenvalue weighted by Gasteiger charge is 2.31. The summed E-state index contributed by atoms with van der Waals surface area (Å²) in [7, 11) is 0. The van der Waals surface area contributed by atoms with Crippen molar-refractivity contribution < 1.29 is 9.90 Å². The second kappa shape index (κ2) is 4.92. The third-order valence-corrected chi connectivity index (χ3v) is 3.40. The van der Waals surface area contributed by atoms with Gasteiger partial charge in [-0.1, -0.05) is 0 Å². The first-order chi connectivity index (χ1) is 9.65. The van der Waals surface area contributed by atoms with Gasteiger partial charge in [0.2, 0.25) is 5.95 Å². The van der Waals surface area contributed by atoms with Crippen molar-refractivity contribution in [3.05, 3.63) is 30.5 Å². The summed E-state index contributed by atoms with van der Waals surface area (Å²) in [6, 6.07) is 1.32. The Labute approximate surface area is 115 Å². The molecule has 0 saturated carbocycles. The summed E-state index contributed by atoms with van der Waals surface area (Å²) >= 11 is 0. The van der Waals surface area contributed by atoms with Crippen molar-refractivity contribution >= 4 is 11.8 Å². The molecule has 1 aliphatic rings. The predicted molar refractivity (Wildman–Crippen MR) is 71.9 cm³/mol. The van der Waals surface area contributed by atoms with Crippen LogP contribution in [0.2, 0.25) is 0 Å². The number of aliphatic carboxylic acids is 1. The highest BCUT2D eigenvalue weighted by atomic mass is 16.4. The van der Waals surface area contributed by atoms with Gasteiger partial charge in [0.1, 0.15) is 18.2 Å². The molecule has 1 aliphatic heterocycles. The molecule has 2 aromatic heterocycles. The van der Waals surface area contributed by atoms with Gasteiger partial charge in [-0.15, -0.1) is 0 Å². The van der Waals surface area contributed by atoms with Crippen molar-refractivity contribution in [3.63, 3.8) is 0 Å². The molecule has 20 heavy (non-hydrogen) atoms. The molecule has 1 atom stereocenters. The van der Waals surface area contributed by atoms with Gasteiger partial charge in [0, 0.05) is 30.7 Å². The molecular formula is C13H15N5O2. The maximum absolute atomic E-state index is 11.3. The Kier molecular flexibility index (Phi) is 3.09. The number of aryl methyl sites for hydroxylation is 1. The van der Waals surface area contributed by atoms with Gasteiger partial charge in [-0.05, 0) is 19.8 Å². The van der Waals surface area contributed by atoms with Gasteiger partial charge in [0.05, 0.1) is 0 Å². The number of rotatable bonds is 3. The van der Waals surface area contributed by atoms with Gasteiger partial charge in [-0.25, -0.2) is 14.8 Å². The topological polar surface area (TPSA) is 84.1 Å². The molecule has 3 heterocycles. The van der Waals surface area contributed by atoms with Crippen LogP contribution in [-0.4, -0.2) is 43.2 Å². The Morgan fingerprint density at radius 2 is 2.30 bits per heavy atom. The van der Waals surface area contributed by atoms with E-state index >= 15 is 0 Å². The molecule has 3 rings (SSSR count). The molecule has 1 N–H and O–H groups in total. The van der Waals surface area contributed by atoms with E-state index in [9.17, 15) is 9.90 Å². The van der Waals surface area contributed by atoms with Gasteiger partial charge in [-0.2, -0.15) is 4.98 Å². The minimum atomic E-state index is -0.803. The molecule has 1 unspecified atom stereocenters. The Morgan fingerprint density at radius 3 is 3.00 bits per heavy atom. The Bertz CT molecular complexity index is 626. The first-order valence-electron chi connectivity index (χ1n) is 6.48. The van der Waals surface area contributed by atoms with Crippen molar-refractivity contribution in [1.29, 1.82) is 0 Å². The van der Waals surface area contributed by atoms with Gasteiger partial charge in [-0.3, -0.25) is 4.57 Å². The van der Waals surface area contributed by atoms with Crippen molar-refractivity contribution in [1.82, 2.24) is 19.5 Å². The summed E-state index contributed by atoms with van der Waals surface area (Å²) in [5.74, 6) is 0.364. The first kappa shape index (κ1) is 12.6. The number of hydrogen-bond donors (Lipinski definition) is 1. The summed E-state index contributed by atoms with van der Waals surface area (Å²) in [6.45, 7) is 2.58. The van der Waals surface area contributed by atoms with Gasteiger partial charge < -0.3 is 10.0 Å². The fourth-order valence-electron chi connectivity index (χ4n) is 2.47. The lowest BCUT2D eigenvalue weighted by Gasteiger charge is -2.23. The van der Waals surface area contributed by atoms with Crippen LogP contribution in [0.25, 0.3) is 5.95 Å². The average Bonchev–Trinajstić information content (AvgIpc) is 3.09. The van der Waals surface area contributed by atoms with Crippen LogP contribution in [0.4, 0.5) is 5.82 Å². The summed E-state index contributed by atoms with van der Waals surface area (Å²) < 4.78 is 1.71. The fraction of sp³-hybridized carbons (Fsp3) is 0.385. The molecule has 0 bridgehead atoms. The second-order valence-electron chi connectivity index (χ2n) is 4.83. The number of nitrogens with zero attached hydrogens (tertiary/aromatic N) is 5. The van der Waals surface area contributed by atoms with Crippen LogP contribution in [0.1, 0.15) is 18.5 Å². The standard InChI is InChI=1S/C13H15N5O2/c1-9-7-11(18-5-2-3-10(18)12(19)20)16-13(15-9)17-6-4-14-8-17/h4,6-8,10H,2-3,5H2,1H3,(H,19,20). The second-order valence-corrected chi connectivity index (χ2v) is 4.83. The zero-order chi connectivity index (χ0) is 14.1. The van der Waals surface area contributed by atoms with E-state index in [-0.39, 0.29) is 0 Å². The van der Waals surface area contributed by atoms with Gasteiger partial charge in [0.25, 0.3) is 0 Å². The number of hydrogen-bond acceptors (Lipinski definition) is 5. The highest BCUT2D eigenvalue weighted by Crippen LogP contribution is 2.25. The van der Waals surface area contributed by atoms with Gasteiger partial charge >= 0.3 is 5.97 Å². The van der Waals surface area contributed by atoms with E-state index in [1.807, 2.05) is 17.9 Å². The lowest BCUT2D eigenvalue weighted by Crippen LogP contribution is -2.36. The lowest BCUT2D eigenvalue weighted by atomic mass is 10.2. The van der Waals surface area contributed by atoms with Crippen LogP contribution in [0.3, 0.4) is 0 Å². The maximum atomic E-state index is 11.3. The van der Waals surface area contributed by atoms with E-state index in [1.54, 1.807) is 23.3 Å². The van der Waals surface area contributed by atoms with Crippen LogP contribution < -0.4 is 4.90 Å². The Morgan fingerprint density at radius 1 is 1.45 bits per heavy atom. The molecule has 1 saturated heterocycles. The summed E-state index contributed by atoms with van der Waals surface area (Å²) in [4.78, 5) is 25.9. The van der Waals surface area contributed by atoms with Gasteiger partial charge in [0.15, 0.2) is 0 Å². The van der Waals surface area contributed by atoms with Crippen LogP contribution >= 0.6 is 0 Å². The molecule has 0 radical (unpaired) electrons. The third kappa shape index (κ3) is 2.22. The molecule has 7 nitrogen and oxygen atoms in total. The molecule has 7 heteroatoms. The normalized spacial score (nSPS) is 18.4. The number of carbonyl (C=O) groups is 1. The van der Waals surface area contributed by atoms with Crippen LogP contribution in [0.5, 0.6) is 0 Å². The molecule has 0 spiro atoms. The molecule has 0 aliphatic carbocycles.